The highest BCUT2D eigenvalue weighted by Crippen LogP contribution is 2.20. The number of rotatable bonds is 5. The number of anilines is 1. The highest BCUT2D eigenvalue weighted by atomic mass is 15.0. The zero-order valence-corrected chi connectivity index (χ0v) is 12.6. The predicted molar refractivity (Wildman–Crippen MR) is 89.7 cm³/mol. The third kappa shape index (κ3) is 3.94. The molecule has 1 aromatic heterocycles. The van der Waals surface area contributed by atoms with E-state index < -0.39 is 0 Å². The Morgan fingerprint density at radius 2 is 1.76 bits per heavy atom. The molecule has 0 radical (unpaired) electrons. The van der Waals surface area contributed by atoms with Gasteiger partial charge in [0.1, 0.15) is 5.82 Å². The van der Waals surface area contributed by atoms with Gasteiger partial charge < -0.3 is 10.6 Å². The van der Waals surface area contributed by atoms with Crippen molar-refractivity contribution in [2.24, 2.45) is 0 Å². The van der Waals surface area contributed by atoms with Gasteiger partial charge in [0.2, 0.25) is 0 Å². The Morgan fingerprint density at radius 1 is 0.952 bits per heavy atom. The van der Waals surface area contributed by atoms with Crippen LogP contribution in [-0.2, 0) is 0 Å². The Labute approximate surface area is 127 Å². The lowest BCUT2D eigenvalue weighted by Crippen LogP contribution is -2.32. The standard InChI is InChI=1S/C18H25N3/c1-2-4-9-16(8-3-1)19-13-14-21-18-17-10-6-5-7-15(17)11-12-20-18/h5-7,10-12,16,19H,1-4,8-9,13-14H2,(H,20,21). The van der Waals surface area contributed by atoms with Crippen molar-refractivity contribution < 1.29 is 0 Å². The van der Waals surface area contributed by atoms with Crippen molar-refractivity contribution in [3.63, 3.8) is 0 Å². The third-order valence-corrected chi connectivity index (χ3v) is 4.38. The topological polar surface area (TPSA) is 37.0 Å². The summed E-state index contributed by atoms with van der Waals surface area (Å²) in [5.74, 6) is 0.996. The van der Waals surface area contributed by atoms with Crippen molar-refractivity contribution in [3.8, 4) is 0 Å². The molecule has 1 aliphatic carbocycles. The molecule has 21 heavy (non-hydrogen) atoms. The molecule has 1 saturated carbocycles. The lowest BCUT2D eigenvalue weighted by Gasteiger charge is -2.16. The molecule has 2 N–H and O–H groups in total. The fourth-order valence-corrected chi connectivity index (χ4v) is 3.20. The molecular weight excluding hydrogens is 258 g/mol. The Balaban J connectivity index is 1.50. The van der Waals surface area contributed by atoms with E-state index >= 15 is 0 Å². The number of fused-ring (bicyclic) bond motifs is 1. The first-order chi connectivity index (χ1) is 10.4. The molecular formula is C18H25N3. The van der Waals surface area contributed by atoms with E-state index in [2.05, 4.69) is 45.9 Å². The van der Waals surface area contributed by atoms with Gasteiger partial charge in [-0.2, -0.15) is 0 Å². The van der Waals surface area contributed by atoms with Crippen LogP contribution in [0, 0.1) is 0 Å². The van der Waals surface area contributed by atoms with Crippen molar-refractivity contribution in [1.82, 2.24) is 10.3 Å². The van der Waals surface area contributed by atoms with Gasteiger partial charge in [-0.25, -0.2) is 4.98 Å². The van der Waals surface area contributed by atoms with Crippen LogP contribution in [0.5, 0.6) is 0 Å². The summed E-state index contributed by atoms with van der Waals surface area (Å²) in [7, 11) is 0. The van der Waals surface area contributed by atoms with Crippen LogP contribution >= 0.6 is 0 Å². The second-order valence-electron chi connectivity index (χ2n) is 5.95. The van der Waals surface area contributed by atoms with Crippen LogP contribution in [0.4, 0.5) is 5.82 Å². The number of hydrogen-bond acceptors (Lipinski definition) is 3. The van der Waals surface area contributed by atoms with Gasteiger partial charge in [-0.05, 0) is 24.3 Å². The number of aromatic nitrogens is 1. The molecule has 2 aromatic rings. The summed E-state index contributed by atoms with van der Waals surface area (Å²) in [5, 5.41) is 9.60. The van der Waals surface area contributed by atoms with Crippen molar-refractivity contribution in [1.29, 1.82) is 0 Å². The van der Waals surface area contributed by atoms with E-state index in [4.69, 9.17) is 0 Å². The number of pyridine rings is 1. The van der Waals surface area contributed by atoms with Gasteiger partial charge >= 0.3 is 0 Å². The highest BCUT2D eigenvalue weighted by Gasteiger charge is 2.10. The molecule has 3 nitrogen and oxygen atoms in total. The second kappa shape index (κ2) is 7.41. The summed E-state index contributed by atoms with van der Waals surface area (Å²) < 4.78 is 0. The van der Waals surface area contributed by atoms with Gasteiger partial charge in [0.15, 0.2) is 0 Å². The van der Waals surface area contributed by atoms with Gasteiger partial charge in [-0.15, -0.1) is 0 Å². The minimum atomic E-state index is 0.717. The average Bonchev–Trinajstić information content (AvgIpc) is 2.80. The van der Waals surface area contributed by atoms with E-state index in [1.165, 1.54) is 49.3 Å². The minimum absolute atomic E-state index is 0.717. The Hall–Kier alpha value is -1.61. The lowest BCUT2D eigenvalue weighted by atomic mass is 10.1. The van der Waals surface area contributed by atoms with E-state index in [9.17, 15) is 0 Å². The van der Waals surface area contributed by atoms with Crippen molar-refractivity contribution >= 4 is 16.6 Å². The number of hydrogen-bond donors (Lipinski definition) is 2. The maximum absolute atomic E-state index is 4.47. The lowest BCUT2D eigenvalue weighted by molar-refractivity contribution is 0.468. The Kier molecular flexibility index (Phi) is 5.06. The molecule has 0 saturated heterocycles. The number of benzene rings is 1. The molecule has 3 rings (SSSR count). The van der Waals surface area contributed by atoms with E-state index in [0.29, 0.717) is 0 Å². The normalized spacial score (nSPS) is 16.8. The number of nitrogens with zero attached hydrogens (tertiary/aromatic N) is 1. The van der Waals surface area contributed by atoms with Gasteiger partial charge in [0, 0.05) is 30.7 Å². The fraction of sp³-hybridized carbons (Fsp3) is 0.500. The first-order valence-electron chi connectivity index (χ1n) is 8.24. The maximum atomic E-state index is 4.47. The highest BCUT2D eigenvalue weighted by molar-refractivity contribution is 5.91. The SMILES string of the molecule is c1ccc2c(NCCNC3CCCCCC3)nccc2c1. The van der Waals surface area contributed by atoms with Crippen LogP contribution in [-0.4, -0.2) is 24.1 Å². The first kappa shape index (κ1) is 14.3. The molecule has 0 bridgehead atoms. The summed E-state index contributed by atoms with van der Waals surface area (Å²) in [5.41, 5.74) is 0. The summed E-state index contributed by atoms with van der Waals surface area (Å²) in [4.78, 5) is 4.47. The molecule has 0 amide bonds. The zero-order valence-electron chi connectivity index (χ0n) is 12.6. The Bertz CT molecular complexity index is 554. The molecule has 0 unspecified atom stereocenters. The third-order valence-electron chi connectivity index (χ3n) is 4.38. The largest absolute Gasteiger partial charge is 0.368 e. The van der Waals surface area contributed by atoms with Gasteiger partial charge in [0.25, 0.3) is 0 Å². The molecule has 112 valence electrons. The molecule has 1 aliphatic rings. The molecule has 1 aromatic carbocycles. The van der Waals surface area contributed by atoms with Crippen molar-refractivity contribution in [3.05, 3.63) is 36.5 Å². The fourth-order valence-electron chi connectivity index (χ4n) is 3.20. The van der Waals surface area contributed by atoms with Crippen LogP contribution in [0.3, 0.4) is 0 Å². The van der Waals surface area contributed by atoms with E-state index in [1.807, 2.05) is 6.20 Å². The van der Waals surface area contributed by atoms with Crippen LogP contribution in [0.25, 0.3) is 10.8 Å². The summed E-state index contributed by atoms with van der Waals surface area (Å²) in [6, 6.07) is 11.2. The van der Waals surface area contributed by atoms with Crippen LogP contribution in [0.1, 0.15) is 38.5 Å². The summed E-state index contributed by atoms with van der Waals surface area (Å²) in [6.45, 7) is 1.94. The Morgan fingerprint density at radius 3 is 2.62 bits per heavy atom. The molecule has 0 atom stereocenters. The second-order valence-corrected chi connectivity index (χ2v) is 5.95. The minimum Gasteiger partial charge on any atom is -0.368 e. The molecule has 3 heteroatoms. The molecule has 1 fully saturated rings. The van der Waals surface area contributed by atoms with Crippen LogP contribution in [0.2, 0.25) is 0 Å². The smallest absolute Gasteiger partial charge is 0.133 e. The monoisotopic (exact) mass is 283 g/mol. The molecule has 0 spiro atoms. The molecule has 0 aliphatic heterocycles. The van der Waals surface area contributed by atoms with E-state index in [0.717, 1.165) is 24.9 Å². The maximum Gasteiger partial charge on any atom is 0.133 e. The average molecular weight is 283 g/mol. The number of nitrogens with one attached hydrogen (secondary N) is 2. The van der Waals surface area contributed by atoms with Gasteiger partial charge in [-0.3, -0.25) is 0 Å². The zero-order chi connectivity index (χ0) is 14.3. The van der Waals surface area contributed by atoms with Gasteiger partial charge in [-0.1, -0.05) is 49.9 Å². The van der Waals surface area contributed by atoms with E-state index in [-0.39, 0.29) is 0 Å². The van der Waals surface area contributed by atoms with Crippen LogP contribution in [0.15, 0.2) is 36.5 Å². The van der Waals surface area contributed by atoms with E-state index in [1.54, 1.807) is 0 Å². The van der Waals surface area contributed by atoms with Crippen molar-refractivity contribution in [2.45, 2.75) is 44.6 Å². The molecule has 1 heterocycles. The quantitative estimate of drug-likeness (QED) is 0.644. The van der Waals surface area contributed by atoms with Crippen LogP contribution < -0.4 is 10.6 Å². The summed E-state index contributed by atoms with van der Waals surface area (Å²) >= 11 is 0. The predicted octanol–water partition coefficient (Wildman–Crippen LogP) is 3.96. The van der Waals surface area contributed by atoms with Crippen molar-refractivity contribution in [2.75, 3.05) is 18.4 Å². The summed E-state index contributed by atoms with van der Waals surface area (Å²) in [6.07, 6.45) is 10.2. The first-order valence-corrected chi connectivity index (χ1v) is 8.24. The van der Waals surface area contributed by atoms with Gasteiger partial charge in [0.05, 0.1) is 0 Å².